The highest BCUT2D eigenvalue weighted by Gasteiger charge is 2.22. The number of hydrogen-bond donors (Lipinski definition) is 3. The Balaban J connectivity index is 0.000000108. The predicted molar refractivity (Wildman–Crippen MR) is 464 cm³/mol. The first-order valence-corrected chi connectivity index (χ1v) is 37.7. The molecule has 0 unspecified atom stereocenters. The van der Waals surface area contributed by atoms with Gasteiger partial charge in [0, 0.05) is 105 Å². The fraction of sp³-hybridized carbons (Fsp3) is 0. The Morgan fingerprint density at radius 1 is 0.279 bits per heavy atom. The van der Waals surface area contributed by atoms with Crippen LogP contribution in [0.15, 0.2) is 394 Å². The van der Waals surface area contributed by atoms with Crippen molar-refractivity contribution in [3.63, 3.8) is 0 Å². The van der Waals surface area contributed by atoms with Crippen molar-refractivity contribution in [2.45, 2.75) is 0 Å². The largest absolute Gasteiger partial charge is 0.456 e. The van der Waals surface area contributed by atoms with E-state index in [0.717, 1.165) is 171 Å². The van der Waals surface area contributed by atoms with E-state index >= 15 is 0 Å². The molecule has 0 saturated carbocycles. The van der Waals surface area contributed by atoms with Crippen LogP contribution in [0.3, 0.4) is 0 Å². The molecule has 0 fully saturated rings. The van der Waals surface area contributed by atoms with Gasteiger partial charge in [0.05, 0.1) is 32.3 Å². The van der Waals surface area contributed by atoms with E-state index in [2.05, 4.69) is 245 Å². The number of furan rings is 4. The first-order valence-electron chi connectivity index (χ1n) is 38.9. The van der Waals surface area contributed by atoms with E-state index in [4.69, 9.17) is 28.1 Å². The Morgan fingerprint density at radius 2 is 0.748 bits per heavy atom. The summed E-state index contributed by atoms with van der Waals surface area (Å²) >= 11 is 1.68. The molecule has 6 heterocycles. The maximum absolute atomic E-state index is 8.63. The van der Waals surface area contributed by atoms with Crippen LogP contribution in [0.5, 0.6) is 0 Å². The molecule has 9 nitrogen and oxygen atoms in total. The molecule has 0 spiro atoms. The van der Waals surface area contributed by atoms with E-state index < -0.39 is 0 Å². The topological polar surface area (TPSA) is 106 Å². The average molecular weight is 1450 g/mol. The number of nitrogens with zero attached hydrogens (tertiary/aromatic N) is 2. The molecule has 3 N–H and O–H groups in total. The lowest BCUT2D eigenvalue weighted by atomic mass is 9.98. The lowest BCUT2D eigenvalue weighted by molar-refractivity contribution is 0.669. The maximum Gasteiger partial charge on any atom is 0.145 e. The van der Waals surface area contributed by atoms with Gasteiger partial charge in [-0.15, -0.1) is 11.3 Å². The van der Waals surface area contributed by atoms with Gasteiger partial charge in [0.25, 0.3) is 0 Å². The summed E-state index contributed by atoms with van der Waals surface area (Å²) in [5.41, 5.74) is 23.5. The second kappa shape index (κ2) is 27.3. The number of hydrogen-bond acceptors (Lipinski definition) is 9. The van der Waals surface area contributed by atoms with Gasteiger partial charge < -0.3 is 38.2 Å². The fourth-order valence-electron chi connectivity index (χ4n) is 15.6. The minimum Gasteiger partial charge on any atom is -0.456 e. The van der Waals surface area contributed by atoms with E-state index in [1.807, 2.05) is 127 Å². The number of para-hydroxylation sites is 7. The second-order valence-corrected chi connectivity index (χ2v) is 28.7. The Kier molecular flexibility index (Phi) is 14.8. The Bertz CT molecular complexity index is 7730. The van der Waals surface area contributed by atoms with Crippen molar-refractivity contribution in [2.75, 3.05) is 16.0 Å². The number of nitrogens with one attached hydrogen (secondary N) is 3. The quantitative estimate of drug-likeness (QED) is 0.118. The average Bonchev–Trinajstić information content (AvgIpc) is 1.60. The second-order valence-electron chi connectivity index (χ2n) is 27.7. The Morgan fingerprint density at radius 3 is 1.45 bits per heavy atom. The molecule has 0 amide bonds. The highest BCUT2D eigenvalue weighted by molar-refractivity contribution is 7.21. The number of rotatable bonds is 11. The number of aromatic nitrogens is 2. The molecule has 0 radical (unpaired) electrons. The molecule has 0 bridgehead atoms. The van der Waals surface area contributed by atoms with Crippen molar-refractivity contribution < 1.29 is 23.2 Å². The summed E-state index contributed by atoms with van der Waals surface area (Å²) in [4.78, 5) is 4.94. The lowest BCUT2D eigenvalue weighted by Gasteiger charge is -2.12. The van der Waals surface area contributed by atoms with E-state index in [1.54, 1.807) is 11.3 Å². The molecular formula is C101H65N5O4S. The van der Waals surface area contributed by atoms with Gasteiger partial charge in [-0.05, 0) is 173 Å². The van der Waals surface area contributed by atoms with Gasteiger partial charge >= 0.3 is 0 Å². The van der Waals surface area contributed by atoms with Crippen molar-refractivity contribution in [3.05, 3.63) is 376 Å². The van der Waals surface area contributed by atoms with Crippen LogP contribution in [0.25, 0.3) is 180 Å². The third-order valence-corrected chi connectivity index (χ3v) is 21.8. The summed E-state index contributed by atoms with van der Waals surface area (Å²) < 4.78 is 62.0. The molecule has 23 aromatic rings. The molecule has 0 aliphatic carbocycles. The first-order chi connectivity index (χ1) is 56.6. The van der Waals surface area contributed by atoms with Crippen LogP contribution in [0.1, 0.15) is 5.48 Å². The minimum atomic E-state index is -0.305. The molecule has 23 rings (SSSR count). The molecule has 0 aliphatic rings. The molecule has 17 aromatic carbocycles. The Labute approximate surface area is 646 Å². The smallest absolute Gasteiger partial charge is 0.145 e. The Hall–Kier alpha value is -14.7. The highest BCUT2D eigenvalue weighted by Crippen LogP contribution is 2.46. The van der Waals surface area contributed by atoms with Crippen LogP contribution in [-0.4, -0.2) is 9.55 Å². The summed E-state index contributed by atoms with van der Waals surface area (Å²) in [6, 6.07) is 120. The molecule has 10 heteroatoms. The molecule has 0 atom stereocenters. The van der Waals surface area contributed by atoms with Gasteiger partial charge in [0.15, 0.2) is 0 Å². The minimum absolute atomic E-state index is 0.108. The van der Waals surface area contributed by atoms with Crippen LogP contribution >= 0.6 is 11.3 Å². The number of thiazole rings is 1. The summed E-state index contributed by atoms with van der Waals surface area (Å²) in [5, 5.41) is 24.1. The van der Waals surface area contributed by atoms with Crippen molar-refractivity contribution in [1.29, 1.82) is 0 Å². The van der Waals surface area contributed by atoms with E-state index in [0.29, 0.717) is 16.4 Å². The van der Waals surface area contributed by atoms with Crippen molar-refractivity contribution in [3.8, 4) is 49.6 Å². The predicted octanol–water partition coefficient (Wildman–Crippen LogP) is 29.4. The van der Waals surface area contributed by atoms with Gasteiger partial charge in [0.1, 0.15) is 49.7 Å². The van der Waals surface area contributed by atoms with Crippen LogP contribution in [0, 0.1) is 0 Å². The summed E-state index contributed by atoms with van der Waals surface area (Å²) in [6.45, 7) is 0. The van der Waals surface area contributed by atoms with Crippen LogP contribution in [0.2, 0.25) is 0 Å². The van der Waals surface area contributed by atoms with Crippen LogP contribution in [0.4, 0.5) is 34.1 Å². The number of anilines is 6. The molecule has 111 heavy (non-hydrogen) atoms. The zero-order valence-corrected chi connectivity index (χ0v) is 60.2. The molecule has 524 valence electrons. The van der Waals surface area contributed by atoms with E-state index in [9.17, 15) is 0 Å². The highest BCUT2D eigenvalue weighted by atomic mass is 32.1. The summed E-state index contributed by atoms with van der Waals surface area (Å²) in [7, 11) is 0. The molecule has 0 saturated heterocycles. The van der Waals surface area contributed by atoms with Crippen molar-refractivity contribution in [2.24, 2.45) is 0 Å². The standard InChI is InChI=1S/C36H24N2O.C34H23NO.C31H18N2O2S/c1-3-11-24(12-4-1)31-21-26(22-32-30-16-8-10-18-35(30)39-36(31)32)37-25-19-20-29-28-15-7-9-17-33(28)38(34(29)23-25)27-13-5-2-6-14-27;1-2-8-23(9-3-1)25-16-18-28(19-17-25)35-29-21-31(27-15-14-24-10-4-5-11-26(24)20-27)34-32(22-29)30-12-6-7-13-33(30)36-34;1-4-10-26-20(7-1)22-15-18(13-14-28(22)34-26)32-19-16-23-21-8-2-5-11-27(21)35-30(23)24(17-19)31-33-25-9-3-6-12-29(25)36-31/h1-23,37H;1-22,35H;1-17,32H/i;6D,7D,12D,13D;. The zero-order chi connectivity index (χ0) is 76.8. The van der Waals surface area contributed by atoms with Gasteiger partial charge in [-0.2, -0.15) is 0 Å². The lowest BCUT2D eigenvalue weighted by Crippen LogP contribution is -1.95. The van der Waals surface area contributed by atoms with Crippen LogP contribution in [-0.2, 0) is 0 Å². The normalized spacial score (nSPS) is 12.1. The summed E-state index contributed by atoms with van der Waals surface area (Å²) in [6.07, 6.45) is 0. The third-order valence-electron chi connectivity index (χ3n) is 20.8. The molecular weight excluding hydrogens is 1380 g/mol. The number of fused-ring (bicyclic) bond motifs is 17. The fourth-order valence-corrected chi connectivity index (χ4v) is 16.6. The van der Waals surface area contributed by atoms with Gasteiger partial charge in [-0.1, -0.05) is 237 Å². The summed E-state index contributed by atoms with van der Waals surface area (Å²) in [5.74, 6) is 0. The SMILES string of the molecule is [2H]c1c([2H])c([2H])c2c(oc3c(-c4ccc5ccccc5c4)cc(Nc4ccc(-c5ccccc5)cc4)cc32)c1[2H].c1ccc(-c2cc(Nc3ccc4c5ccccc5n(-c5ccccc5)c4c3)cc3c2oc2ccccc23)cc1.c1ccc2sc(-c3cc(Nc4ccc5oc6ccccc6c5c4)cc4c3oc3ccccc34)nc2c1. The van der Waals surface area contributed by atoms with Gasteiger partial charge in [-0.25, -0.2) is 4.98 Å². The van der Waals surface area contributed by atoms with E-state index in [-0.39, 0.29) is 29.8 Å². The van der Waals surface area contributed by atoms with Gasteiger partial charge in [0.2, 0.25) is 0 Å². The number of benzene rings is 17. The molecule has 0 aliphatic heterocycles. The zero-order valence-electron chi connectivity index (χ0n) is 63.4. The van der Waals surface area contributed by atoms with Crippen molar-refractivity contribution in [1.82, 2.24) is 9.55 Å². The monoisotopic (exact) mass is 1450 g/mol. The van der Waals surface area contributed by atoms with Crippen LogP contribution < -0.4 is 16.0 Å². The third kappa shape index (κ3) is 12.0. The van der Waals surface area contributed by atoms with Crippen molar-refractivity contribution >= 4 is 176 Å². The van der Waals surface area contributed by atoms with E-state index in [1.165, 1.54) is 21.8 Å². The molecule has 6 aromatic heterocycles. The first kappa shape index (κ1) is 60.4. The van der Waals surface area contributed by atoms with Gasteiger partial charge in [-0.3, -0.25) is 0 Å². The maximum atomic E-state index is 8.63.